The average molecular weight is 447 g/mol. The molecule has 0 spiro atoms. The van der Waals surface area contributed by atoms with E-state index in [2.05, 4.69) is 20.8 Å². The third-order valence-corrected chi connectivity index (χ3v) is 6.20. The van der Waals surface area contributed by atoms with Gasteiger partial charge in [0.1, 0.15) is 5.60 Å². The number of hydrogen-bond acceptors (Lipinski definition) is 2. The molecule has 2 aromatic carbocycles. The van der Waals surface area contributed by atoms with Crippen molar-refractivity contribution in [3.8, 4) is 28.3 Å². The molecule has 4 rings (SSSR count). The van der Waals surface area contributed by atoms with Crippen LogP contribution in [-0.4, -0.2) is 10.6 Å². The standard InChI is InChI=1S/C24H22Cl3NO/c1-4-17-18-11-12-24(2,3)29-23(18)28-22(19-10-9-16(26)13-20(19)27)21(17)14-5-7-15(25)8-6-14/h5-10,13H,4,11-12H2,1-3H3. The minimum atomic E-state index is -0.242. The number of pyridine rings is 1. The van der Waals surface area contributed by atoms with E-state index in [9.17, 15) is 0 Å². The van der Waals surface area contributed by atoms with Crippen molar-refractivity contribution in [1.29, 1.82) is 0 Å². The number of benzene rings is 2. The maximum absolute atomic E-state index is 6.60. The molecule has 0 saturated heterocycles. The zero-order chi connectivity index (χ0) is 20.8. The molecule has 1 aliphatic heterocycles. The number of ether oxygens (including phenoxy) is 1. The molecule has 1 aliphatic rings. The lowest BCUT2D eigenvalue weighted by Crippen LogP contribution is -2.33. The molecule has 0 bridgehead atoms. The summed E-state index contributed by atoms with van der Waals surface area (Å²) in [5.41, 5.74) is 5.98. The van der Waals surface area contributed by atoms with E-state index < -0.39 is 0 Å². The summed E-state index contributed by atoms with van der Waals surface area (Å²) < 4.78 is 6.30. The van der Waals surface area contributed by atoms with Crippen LogP contribution in [0.15, 0.2) is 42.5 Å². The van der Waals surface area contributed by atoms with Crippen molar-refractivity contribution in [2.75, 3.05) is 0 Å². The van der Waals surface area contributed by atoms with Gasteiger partial charge in [-0.3, -0.25) is 0 Å². The van der Waals surface area contributed by atoms with Crippen molar-refractivity contribution < 1.29 is 4.74 Å². The van der Waals surface area contributed by atoms with Crippen LogP contribution in [-0.2, 0) is 12.8 Å². The molecule has 150 valence electrons. The van der Waals surface area contributed by atoms with E-state index in [0.717, 1.165) is 41.6 Å². The number of halogens is 3. The van der Waals surface area contributed by atoms with Crippen molar-refractivity contribution in [2.24, 2.45) is 0 Å². The zero-order valence-electron chi connectivity index (χ0n) is 16.7. The van der Waals surface area contributed by atoms with E-state index in [1.54, 1.807) is 6.07 Å². The number of nitrogens with zero attached hydrogens (tertiary/aromatic N) is 1. The summed E-state index contributed by atoms with van der Waals surface area (Å²) in [6.07, 6.45) is 2.76. The van der Waals surface area contributed by atoms with E-state index in [4.69, 9.17) is 44.5 Å². The summed E-state index contributed by atoms with van der Waals surface area (Å²) in [6.45, 7) is 6.37. The van der Waals surface area contributed by atoms with Gasteiger partial charge in [0.05, 0.1) is 10.7 Å². The Morgan fingerprint density at radius 1 is 1.00 bits per heavy atom. The van der Waals surface area contributed by atoms with Crippen LogP contribution in [0.1, 0.15) is 38.3 Å². The molecular formula is C24H22Cl3NO. The fourth-order valence-corrected chi connectivity index (χ4v) is 4.55. The average Bonchev–Trinajstić information content (AvgIpc) is 2.66. The molecule has 0 amide bonds. The van der Waals surface area contributed by atoms with E-state index in [0.29, 0.717) is 20.9 Å². The molecule has 5 heteroatoms. The van der Waals surface area contributed by atoms with Gasteiger partial charge in [-0.2, -0.15) is 0 Å². The number of rotatable bonds is 3. The highest BCUT2D eigenvalue weighted by atomic mass is 35.5. The molecule has 2 heterocycles. The van der Waals surface area contributed by atoms with Gasteiger partial charge >= 0.3 is 0 Å². The maximum atomic E-state index is 6.60. The number of hydrogen-bond donors (Lipinski definition) is 0. The van der Waals surface area contributed by atoms with Gasteiger partial charge in [0.2, 0.25) is 5.88 Å². The van der Waals surface area contributed by atoms with Crippen LogP contribution in [0, 0.1) is 0 Å². The second-order valence-electron chi connectivity index (χ2n) is 7.94. The predicted octanol–water partition coefficient (Wildman–Crippen LogP) is 8.04. The van der Waals surface area contributed by atoms with Crippen LogP contribution >= 0.6 is 34.8 Å². The van der Waals surface area contributed by atoms with E-state index in [1.165, 1.54) is 11.1 Å². The molecule has 29 heavy (non-hydrogen) atoms. The minimum absolute atomic E-state index is 0.242. The van der Waals surface area contributed by atoms with Crippen LogP contribution in [0.4, 0.5) is 0 Å². The molecule has 0 saturated carbocycles. The van der Waals surface area contributed by atoms with E-state index in [1.807, 2.05) is 36.4 Å². The molecule has 1 aromatic heterocycles. The van der Waals surface area contributed by atoms with Crippen molar-refractivity contribution in [3.05, 3.63) is 68.7 Å². The summed E-state index contributed by atoms with van der Waals surface area (Å²) >= 11 is 18.9. The Morgan fingerprint density at radius 3 is 2.34 bits per heavy atom. The van der Waals surface area contributed by atoms with Crippen LogP contribution in [0.25, 0.3) is 22.4 Å². The lowest BCUT2D eigenvalue weighted by Gasteiger charge is -2.34. The van der Waals surface area contributed by atoms with Gasteiger partial charge in [-0.05, 0) is 74.6 Å². The fraction of sp³-hybridized carbons (Fsp3) is 0.292. The summed E-state index contributed by atoms with van der Waals surface area (Å²) in [7, 11) is 0. The first kappa shape index (κ1) is 20.5. The second-order valence-corrected chi connectivity index (χ2v) is 9.22. The summed E-state index contributed by atoms with van der Waals surface area (Å²) in [4.78, 5) is 4.99. The Labute approximate surface area is 186 Å². The molecule has 2 nitrogen and oxygen atoms in total. The lowest BCUT2D eigenvalue weighted by atomic mass is 9.86. The highest BCUT2D eigenvalue weighted by Gasteiger charge is 2.32. The quantitative estimate of drug-likeness (QED) is 0.406. The predicted molar refractivity (Wildman–Crippen MR) is 123 cm³/mol. The smallest absolute Gasteiger partial charge is 0.217 e. The van der Waals surface area contributed by atoms with Gasteiger partial charge in [0.15, 0.2) is 0 Å². The van der Waals surface area contributed by atoms with E-state index in [-0.39, 0.29) is 5.60 Å². The number of fused-ring (bicyclic) bond motifs is 1. The monoisotopic (exact) mass is 445 g/mol. The molecule has 0 unspecified atom stereocenters. The molecule has 0 N–H and O–H groups in total. The third-order valence-electron chi connectivity index (χ3n) is 5.40. The van der Waals surface area contributed by atoms with E-state index >= 15 is 0 Å². The zero-order valence-corrected chi connectivity index (χ0v) is 18.9. The maximum Gasteiger partial charge on any atom is 0.217 e. The highest BCUT2D eigenvalue weighted by molar-refractivity contribution is 6.36. The van der Waals surface area contributed by atoms with Gasteiger partial charge in [-0.15, -0.1) is 0 Å². The van der Waals surface area contributed by atoms with Crippen LogP contribution in [0.2, 0.25) is 15.1 Å². The van der Waals surface area contributed by atoms with Gasteiger partial charge in [0.25, 0.3) is 0 Å². The Kier molecular flexibility index (Phi) is 5.54. The van der Waals surface area contributed by atoms with Crippen molar-refractivity contribution in [3.63, 3.8) is 0 Å². The summed E-state index contributed by atoms with van der Waals surface area (Å²) in [5.74, 6) is 0.705. The molecular weight excluding hydrogens is 425 g/mol. The lowest BCUT2D eigenvalue weighted by molar-refractivity contribution is 0.0782. The van der Waals surface area contributed by atoms with Gasteiger partial charge in [0, 0.05) is 26.7 Å². The van der Waals surface area contributed by atoms with Crippen LogP contribution < -0.4 is 4.74 Å². The van der Waals surface area contributed by atoms with Crippen LogP contribution in [0.5, 0.6) is 5.88 Å². The van der Waals surface area contributed by atoms with Crippen LogP contribution in [0.3, 0.4) is 0 Å². The first-order valence-electron chi connectivity index (χ1n) is 9.75. The first-order chi connectivity index (χ1) is 13.8. The Balaban J connectivity index is 2.05. The fourth-order valence-electron chi connectivity index (χ4n) is 3.92. The van der Waals surface area contributed by atoms with Gasteiger partial charge in [-0.25, -0.2) is 4.98 Å². The van der Waals surface area contributed by atoms with Crippen molar-refractivity contribution in [2.45, 2.75) is 45.6 Å². The Morgan fingerprint density at radius 2 is 1.69 bits per heavy atom. The SMILES string of the molecule is CCc1c2c(nc(-c3ccc(Cl)cc3Cl)c1-c1ccc(Cl)cc1)OC(C)(C)CC2. The first-order valence-corrected chi connectivity index (χ1v) is 10.9. The molecule has 0 atom stereocenters. The summed E-state index contributed by atoms with van der Waals surface area (Å²) in [5, 5.41) is 1.86. The normalized spacial score (nSPS) is 15.0. The number of aromatic nitrogens is 1. The molecule has 0 radical (unpaired) electrons. The molecule has 0 aliphatic carbocycles. The second kappa shape index (κ2) is 7.83. The minimum Gasteiger partial charge on any atom is -0.471 e. The molecule has 3 aromatic rings. The highest BCUT2D eigenvalue weighted by Crippen LogP contribution is 2.44. The molecule has 0 fully saturated rings. The Hall–Kier alpha value is -1.74. The van der Waals surface area contributed by atoms with Gasteiger partial charge in [-0.1, -0.05) is 53.9 Å². The van der Waals surface area contributed by atoms with Crippen molar-refractivity contribution in [1.82, 2.24) is 4.98 Å². The summed E-state index contributed by atoms with van der Waals surface area (Å²) in [6, 6.07) is 13.4. The Bertz CT molecular complexity index is 1070. The van der Waals surface area contributed by atoms with Crippen molar-refractivity contribution >= 4 is 34.8 Å². The topological polar surface area (TPSA) is 22.1 Å². The van der Waals surface area contributed by atoms with Gasteiger partial charge < -0.3 is 4.74 Å². The third kappa shape index (κ3) is 3.99. The largest absolute Gasteiger partial charge is 0.471 e.